The third kappa shape index (κ3) is 5.20. The van der Waals surface area contributed by atoms with Crippen molar-refractivity contribution >= 4 is 23.0 Å². The van der Waals surface area contributed by atoms with Gasteiger partial charge in [-0.3, -0.25) is 0 Å². The van der Waals surface area contributed by atoms with E-state index in [4.69, 9.17) is 32.3 Å². The lowest BCUT2D eigenvalue weighted by Gasteiger charge is -2.29. The van der Waals surface area contributed by atoms with Crippen LogP contribution in [0.25, 0.3) is 0 Å². The van der Waals surface area contributed by atoms with E-state index in [2.05, 4.69) is 34.8 Å². The first-order valence-corrected chi connectivity index (χ1v) is 10.3. The summed E-state index contributed by atoms with van der Waals surface area (Å²) < 4.78 is 20.5. The molecule has 1 aliphatic heterocycles. The fraction of sp³-hybridized carbons (Fsp3) is 0.273. The summed E-state index contributed by atoms with van der Waals surface area (Å²) in [6, 6.07) is 15.6. The Balaban J connectivity index is 1.41. The smallest absolute Gasteiger partial charge is 0.214 e. The quantitative estimate of drug-likeness (QED) is 0.294. The molecule has 0 radical (unpaired) electrons. The molecule has 2 atom stereocenters. The van der Waals surface area contributed by atoms with Crippen LogP contribution < -0.4 is 21.3 Å². The van der Waals surface area contributed by atoms with Crippen molar-refractivity contribution in [3.63, 3.8) is 0 Å². The number of aryl methyl sites for hydroxylation is 1. The maximum Gasteiger partial charge on any atom is 0.214 e. The Labute approximate surface area is 186 Å². The largest absolute Gasteiger partial charge is 0.491 e. The lowest BCUT2D eigenvalue weighted by Crippen LogP contribution is -2.34. The molecule has 0 bridgehead atoms. The molecule has 0 amide bonds. The summed E-state index contributed by atoms with van der Waals surface area (Å²) in [5, 5.41) is 3.30. The van der Waals surface area contributed by atoms with Gasteiger partial charge in [-0.25, -0.2) is 10.8 Å². The fourth-order valence-corrected chi connectivity index (χ4v) is 3.51. The molecule has 162 valence electrons. The second-order valence-corrected chi connectivity index (χ2v) is 7.75. The van der Waals surface area contributed by atoms with E-state index in [1.54, 1.807) is 12.5 Å². The maximum absolute atomic E-state index is 6.41. The second-order valence-electron chi connectivity index (χ2n) is 7.34. The minimum atomic E-state index is -0.888. The van der Waals surface area contributed by atoms with Crippen LogP contribution in [0.15, 0.2) is 67.3 Å². The molecule has 2 heterocycles. The predicted octanol–water partition coefficient (Wildman–Crippen LogP) is 2.70. The number of rotatable bonds is 7. The standard InChI is InChI=1S/C22H25N5O3S/c1-16-2-4-17(5-3-16)22(14-27-11-10-24-15-27)29-13-20(30-22)12-28-19-8-6-18(7-9-19)25-21(31)26-23/h2-11,15,20H,12-14,23H2,1H3,(H2,25,26,31). The van der Waals surface area contributed by atoms with E-state index in [9.17, 15) is 0 Å². The van der Waals surface area contributed by atoms with Crippen molar-refractivity contribution in [3.8, 4) is 5.75 Å². The van der Waals surface area contributed by atoms with Gasteiger partial charge in [-0.2, -0.15) is 0 Å². The van der Waals surface area contributed by atoms with Crippen LogP contribution in [0, 0.1) is 6.92 Å². The van der Waals surface area contributed by atoms with Gasteiger partial charge in [-0.05, 0) is 43.4 Å². The van der Waals surface area contributed by atoms with Gasteiger partial charge in [0.25, 0.3) is 0 Å². The minimum absolute atomic E-state index is 0.211. The summed E-state index contributed by atoms with van der Waals surface area (Å²) in [6.45, 7) is 3.36. The Bertz CT molecular complexity index is 995. The van der Waals surface area contributed by atoms with Gasteiger partial charge in [-0.1, -0.05) is 29.8 Å². The van der Waals surface area contributed by atoms with Crippen LogP contribution in [0.1, 0.15) is 11.1 Å². The predicted molar refractivity (Wildman–Crippen MR) is 121 cm³/mol. The first kappa shape index (κ1) is 21.3. The Morgan fingerprint density at radius 1 is 1.26 bits per heavy atom. The molecule has 8 nitrogen and oxygen atoms in total. The average molecular weight is 440 g/mol. The van der Waals surface area contributed by atoms with E-state index in [-0.39, 0.29) is 6.10 Å². The summed E-state index contributed by atoms with van der Waals surface area (Å²) >= 11 is 4.99. The Kier molecular flexibility index (Phi) is 6.47. The van der Waals surface area contributed by atoms with Crippen LogP contribution in [0.3, 0.4) is 0 Å². The van der Waals surface area contributed by atoms with Crippen molar-refractivity contribution in [2.45, 2.75) is 25.4 Å². The molecule has 0 spiro atoms. The van der Waals surface area contributed by atoms with Crippen LogP contribution in [-0.2, 0) is 21.8 Å². The molecular weight excluding hydrogens is 414 g/mol. The van der Waals surface area contributed by atoms with Gasteiger partial charge in [-0.15, -0.1) is 0 Å². The highest BCUT2D eigenvalue weighted by Gasteiger charge is 2.44. The zero-order valence-electron chi connectivity index (χ0n) is 17.2. The van der Waals surface area contributed by atoms with Crippen LogP contribution in [0.2, 0.25) is 0 Å². The molecule has 3 aromatic rings. The van der Waals surface area contributed by atoms with Crippen LogP contribution >= 0.6 is 12.2 Å². The Morgan fingerprint density at radius 3 is 2.71 bits per heavy atom. The number of ether oxygens (including phenoxy) is 3. The lowest BCUT2D eigenvalue weighted by atomic mass is 10.0. The number of aromatic nitrogens is 2. The lowest BCUT2D eigenvalue weighted by molar-refractivity contribution is -0.189. The number of thiocarbonyl (C=S) groups is 1. The van der Waals surface area contributed by atoms with Gasteiger partial charge >= 0.3 is 0 Å². The number of imidazole rings is 1. The third-order valence-corrected chi connectivity index (χ3v) is 5.20. The summed E-state index contributed by atoms with van der Waals surface area (Å²) in [5.74, 6) is 5.11. The molecule has 1 fully saturated rings. The maximum atomic E-state index is 6.41. The highest BCUT2D eigenvalue weighted by Crippen LogP contribution is 2.36. The van der Waals surface area contributed by atoms with Crippen molar-refractivity contribution < 1.29 is 14.2 Å². The van der Waals surface area contributed by atoms with Crippen molar-refractivity contribution in [1.29, 1.82) is 0 Å². The monoisotopic (exact) mass is 439 g/mol. The van der Waals surface area contributed by atoms with Crippen LogP contribution in [-0.4, -0.2) is 34.0 Å². The Morgan fingerprint density at radius 2 is 2.03 bits per heavy atom. The van der Waals surface area contributed by atoms with Gasteiger partial charge in [0.05, 0.1) is 19.5 Å². The number of nitrogens with zero attached hydrogens (tertiary/aromatic N) is 2. The molecule has 4 N–H and O–H groups in total. The zero-order valence-corrected chi connectivity index (χ0v) is 18.0. The molecule has 31 heavy (non-hydrogen) atoms. The third-order valence-electron chi connectivity index (χ3n) is 4.98. The highest BCUT2D eigenvalue weighted by molar-refractivity contribution is 7.80. The number of nitrogens with one attached hydrogen (secondary N) is 2. The SMILES string of the molecule is Cc1ccc(C2(Cn3ccnc3)OCC(COc3ccc(NC(=S)NN)cc3)O2)cc1. The van der Waals surface area contributed by atoms with Gasteiger partial charge in [0.2, 0.25) is 5.79 Å². The van der Waals surface area contributed by atoms with Gasteiger partial charge in [0.1, 0.15) is 18.5 Å². The van der Waals surface area contributed by atoms with E-state index in [0.717, 1.165) is 17.0 Å². The second kappa shape index (κ2) is 9.44. The molecule has 9 heteroatoms. The summed E-state index contributed by atoms with van der Waals surface area (Å²) in [7, 11) is 0. The van der Waals surface area contributed by atoms with Crippen molar-refractivity contribution in [2.24, 2.45) is 5.84 Å². The normalized spacial score (nSPS) is 20.4. The topological polar surface area (TPSA) is 95.6 Å². The summed E-state index contributed by atoms with van der Waals surface area (Å²) in [6.07, 6.45) is 5.19. The van der Waals surface area contributed by atoms with Crippen LogP contribution in [0.4, 0.5) is 5.69 Å². The summed E-state index contributed by atoms with van der Waals surface area (Å²) in [4.78, 5) is 4.13. The molecule has 2 unspecified atom stereocenters. The Hall–Kier alpha value is -2.98. The van der Waals surface area contributed by atoms with Gasteiger partial charge in [0, 0.05) is 23.6 Å². The number of hydrogen-bond donors (Lipinski definition) is 3. The summed E-state index contributed by atoms with van der Waals surface area (Å²) in [5.41, 5.74) is 5.35. The number of anilines is 1. The molecule has 1 aliphatic rings. The van der Waals surface area contributed by atoms with E-state index in [0.29, 0.717) is 24.9 Å². The van der Waals surface area contributed by atoms with Crippen molar-refractivity contribution in [2.75, 3.05) is 18.5 Å². The van der Waals surface area contributed by atoms with Crippen molar-refractivity contribution in [1.82, 2.24) is 15.0 Å². The van der Waals surface area contributed by atoms with E-state index in [1.165, 1.54) is 5.56 Å². The molecule has 0 saturated carbocycles. The molecule has 0 aliphatic carbocycles. The minimum Gasteiger partial charge on any atom is -0.491 e. The first-order valence-electron chi connectivity index (χ1n) is 9.91. The van der Waals surface area contributed by atoms with Crippen LogP contribution in [0.5, 0.6) is 5.75 Å². The average Bonchev–Trinajstić information content (AvgIpc) is 3.44. The van der Waals surface area contributed by atoms with Crippen molar-refractivity contribution in [3.05, 3.63) is 78.4 Å². The number of benzene rings is 2. The highest BCUT2D eigenvalue weighted by atomic mass is 32.1. The number of hydrazine groups is 1. The number of nitrogens with two attached hydrogens (primary N) is 1. The first-order chi connectivity index (χ1) is 15.1. The van der Waals surface area contributed by atoms with E-state index < -0.39 is 5.79 Å². The molecular formula is C22H25N5O3S. The molecule has 2 aromatic carbocycles. The fourth-order valence-electron chi connectivity index (χ4n) is 3.39. The zero-order chi connectivity index (χ0) is 21.7. The van der Waals surface area contributed by atoms with Gasteiger partial charge < -0.3 is 29.5 Å². The van der Waals surface area contributed by atoms with E-state index in [1.807, 2.05) is 47.2 Å². The van der Waals surface area contributed by atoms with E-state index >= 15 is 0 Å². The van der Waals surface area contributed by atoms with Gasteiger partial charge in [0.15, 0.2) is 5.11 Å². The number of hydrogen-bond acceptors (Lipinski definition) is 6. The molecule has 4 rings (SSSR count). The molecule has 1 saturated heterocycles. The molecule has 1 aromatic heterocycles.